The minimum atomic E-state index is -0.482. The summed E-state index contributed by atoms with van der Waals surface area (Å²) in [6, 6.07) is 1.77. The van der Waals surface area contributed by atoms with Gasteiger partial charge in [-0.1, -0.05) is 6.92 Å². The Hall–Kier alpha value is -0.960. The monoisotopic (exact) mass is 210 g/mol. The molecular weight excluding hydrogens is 196 g/mol. The molecule has 1 rings (SSSR count). The molecule has 0 aliphatic heterocycles. The van der Waals surface area contributed by atoms with Crippen LogP contribution in [0.5, 0.6) is 0 Å². The molecule has 0 bridgehead atoms. The van der Waals surface area contributed by atoms with E-state index in [1.165, 1.54) is 11.3 Å². The van der Waals surface area contributed by atoms with Crippen LogP contribution in [0.1, 0.15) is 37.0 Å². The Balaban J connectivity index is 2.66. The van der Waals surface area contributed by atoms with E-state index < -0.39 is 5.92 Å². The fraction of sp³-hybridized carbons (Fsp3) is 0.455. The summed E-state index contributed by atoms with van der Waals surface area (Å²) in [5, 5.41) is 3.64. The maximum Gasteiger partial charge on any atom is 0.173 e. The predicted molar refractivity (Wildman–Crippen MR) is 57.7 cm³/mol. The Morgan fingerprint density at radius 2 is 2.21 bits per heavy atom. The van der Waals surface area contributed by atoms with Crippen LogP contribution in [0.25, 0.3) is 0 Å². The molecule has 0 aliphatic rings. The van der Waals surface area contributed by atoms with Gasteiger partial charge in [-0.3, -0.25) is 9.59 Å². The summed E-state index contributed by atoms with van der Waals surface area (Å²) in [5.74, 6) is -0.488. The summed E-state index contributed by atoms with van der Waals surface area (Å²) in [5.41, 5.74) is 0.659. The molecule has 0 aliphatic carbocycles. The van der Waals surface area contributed by atoms with Crippen molar-refractivity contribution < 1.29 is 9.59 Å². The maximum atomic E-state index is 11.7. The van der Waals surface area contributed by atoms with E-state index in [9.17, 15) is 9.59 Å². The third kappa shape index (κ3) is 2.51. The number of Topliss-reactive ketones (excluding diaryl/α,β-unsaturated/α-hetero) is 2. The minimum absolute atomic E-state index is 0.0451. The zero-order valence-electron chi connectivity index (χ0n) is 8.45. The average Bonchev–Trinajstić information content (AvgIpc) is 2.68. The van der Waals surface area contributed by atoms with Crippen LogP contribution in [0.4, 0.5) is 0 Å². The third-order valence-corrected chi connectivity index (χ3v) is 2.86. The first-order valence-corrected chi connectivity index (χ1v) is 5.70. The fourth-order valence-corrected chi connectivity index (χ4v) is 1.91. The largest absolute Gasteiger partial charge is 0.299 e. The molecule has 0 N–H and O–H groups in total. The van der Waals surface area contributed by atoms with Gasteiger partial charge in [0.2, 0.25) is 0 Å². The number of rotatable bonds is 5. The van der Waals surface area contributed by atoms with E-state index in [-0.39, 0.29) is 11.6 Å². The number of carbonyl (C=O) groups excluding carboxylic acids is 2. The van der Waals surface area contributed by atoms with Crippen LogP contribution in [0.3, 0.4) is 0 Å². The van der Waals surface area contributed by atoms with E-state index in [2.05, 4.69) is 0 Å². The van der Waals surface area contributed by atoms with Crippen molar-refractivity contribution in [3.63, 3.8) is 0 Å². The van der Waals surface area contributed by atoms with Crippen molar-refractivity contribution >= 4 is 22.9 Å². The van der Waals surface area contributed by atoms with Gasteiger partial charge < -0.3 is 0 Å². The molecule has 1 aromatic rings. The highest BCUT2D eigenvalue weighted by molar-refractivity contribution is 7.08. The van der Waals surface area contributed by atoms with Gasteiger partial charge in [-0.25, -0.2) is 0 Å². The van der Waals surface area contributed by atoms with Gasteiger partial charge in [0, 0.05) is 17.4 Å². The second kappa shape index (κ2) is 5.05. The molecule has 3 heteroatoms. The first kappa shape index (κ1) is 11.1. The first-order chi connectivity index (χ1) is 6.66. The summed E-state index contributed by atoms with van der Waals surface area (Å²) in [6.07, 6.45) is 1.30. The van der Waals surface area contributed by atoms with Crippen LogP contribution in [0.2, 0.25) is 0 Å². The molecule has 0 aromatic carbocycles. The second-order valence-electron chi connectivity index (χ2n) is 3.31. The Kier molecular flexibility index (Phi) is 4.01. The number of carbonyl (C=O) groups is 2. The van der Waals surface area contributed by atoms with Crippen molar-refractivity contribution in [3.8, 4) is 0 Å². The molecule has 1 heterocycles. The molecule has 0 saturated carbocycles. The van der Waals surface area contributed by atoms with Gasteiger partial charge >= 0.3 is 0 Å². The van der Waals surface area contributed by atoms with Crippen molar-refractivity contribution in [2.45, 2.75) is 26.7 Å². The van der Waals surface area contributed by atoms with Crippen molar-refractivity contribution in [2.75, 3.05) is 0 Å². The number of ketones is 2. The molecule has 2 nitrogen and oxygen atoms in total. The van der Waals surface area contributed by atoms with Gasteiger partial charge in [-0.15, -0.1) is 0 Å². The topological polar surface area (TPSA) is 34.1 Å². The van der Waals surface area contributed by atoms with Gasteiger partial charge in [0.15, 0.2) is 5.78 Å². The molecule has 0 amide bonds. The molecule has 1 unspecified atom stereocenters. The highest BCUT2D eigenvalue weighted by Crippen LogP contribution is 2.14. The quantitative estimate of drug-likeness (QED) is 0.553. The lowest BCUT2D eigenvalue weighted by atomic mass is 9.95. The fourth-order valence-electron chi connectivity index (χ4n) is 1.26. The van der Waals surface area contributed by atoms with E-state index >= 15 is 0 Å². The molecule has 76 valence electrons. The zero-order chi connectivity index (χ0) is 10.6. The van der Waals surface area contributed by atoms with Gasteiger partial charge in [0.1, 0.15) is 5.78 Å². The second-order valence-corrected chi connectivity index (χ2v) is 4.09. The van der Waals surface area contributed by atoms with Crippen molar-refractivity contribution in [1.29, 1.82) is 0 Å². The van der Waals surface area contributed by atoms with Crippen LogP contribution in [-0.2, 0) is 4.79 Å². The zero-order valence-corrected chi connectivity index (χ0v) is 9.26. The Labute approximate surface area is 87.9 Å². The summed E-state index contributed by atoms with van der Waals surface area (Å²) < 4.78 is 0. The number of hydrogen-bond donors (Lipinski definition) is 0. The maximum absolute atomic E-state index is 11.7. The molecule has 0 spiro atoms. The first-order valence-electron chi connectivity index (χ1n) is 4.76. The van der Waals surface area contributed by atoms with Crippen LogP contribution in [0.15, 0.2) is 16.8 Å². The van der Waals surface area contributed by atoms with E-state index in [4.69, 9.17) is 0 Å². The lowest BCUT2D eigenvalue weighted by Crippen LogP contribution is -2.20. The summed E-state index contributed by atoms with van der Waals surface area (Å²) in [6.45, 7) is 3.64. The van der Waals surface area contributed by atoms with E-state index in [1.54, 1.807) is 18.4 Å². The SMILES string of the molecule is CCCC(=O)C(C)C(=O)c1ccsc1. The normalized spacial score (nSPS) is 12.4. The lowest BCUT2D eigenvalue weighted by Gasteiger charge is -2.06. The smallest absolute Gasteiger partial charge is 0.173 e. The predicted octanol–water partition coefficient (Wildman–Crippen LogP) is 2.94. The number of thiophene rings is 1. The summed E-state index contributed by atoms with van der Waals surface area (Å²) in [7, 11) is 0. The molecule has 1 atom stereocenters. The molecule has 0 fully saturated rings. The molecule has 14 heavy (non-hydrogen) atoms. The molecule has 0 saturated heterocycles. The van der Waals surface area contributed by atoms with Crippen LogP contribution in [-0.4, -0.2) is 11.6 Å². The summed E-state index contributed by atoms with van der Waals surface area (Å²) >= 11 is 1.48. The Morgan fingerprint density at radius 3 is 2.71 bits per heavy atom. The molecular formula is C11H14O2S. The van der Waals surface area contributed by atoms with Gasteiger partial charge in [-0.05, 0) is 24.8 Å². The van der Waals surface area contributed by atoms with E-state index in [0.717, 1.165) is 6.42 Å². The summed E-state index contributed by atoms with van der Waals surface area (Å²) in [4.78, 5) is 23.2. The molecule has 0 radical (unpaired) electrons. The standard InChI is InChI=1S/C11H14O2S/c1-3-4-10(12)8(2)11(13)9-5-6-14-7-9/h5-8H,3-4H2,1-2H3. The van der Waals surface area contributed by atoms with Crippen molar-refractivity contribution in [3.05, 3.63) is 22.4 Å². The van der Waals surface area contributed by atoms with Crippen LogP contribution < -0.4 is 0 Å². The van der Waals surface area contributed by atoms with Gasteiger partial charge in [0.05, 0.1) is 5.92 Å². The van der Waals surface area contributed by atoms with Crippen molar-refractivity contribution in [2.24, 2.45) is 5.92 Å². The minimum Gasteiger partial charge on any atom is -0.299 e. The Bertz CT molecular complexity index is 314. The third-order valence-electron chi connectivity index (χ3n) is 2.18. The number of hydrogen-bond acceptors (Lipinski definition) is 3. The average molecular weight is 210 g/mol. The van der Waals surface area contributed by atoms with Crippen molar-refractivity contribution in [1.82, 2.24) is 0 Å². The van der Waals surface area contributed by atoms with Gasteiger partial charge in [-0.2, -0.15) is 11.3 Å². The highest BCUT2D eigenvalue weighted by atomic mass is 32.1. The molecule has 1 aromatic heterocycles. The van der Waals surface area contributed by atoms with E-state index in [1.807, 2.05) is 12.3 Å². The highest BCUT2D eigenvalue weighted by Gasteiger charge is 2.21. The van der Waals surface area contributed by atoms with E-state index in [0.29, 0.717) is 12.0 Å². The van der Waals surface area contributed by atoms with Gasteiger partial charge in [0.25, 0.3) is 0 Å². The Morgan fingerprint density at radius 1 is 1.50 bits per heavy atom. The van der Waals surface area contributed by atoms with Crippen LogP contribution >= 0.6 is 11.3 Å². The lowest BCUT2D eigenvalue weighted by molar-refractivity contribution is -0.121. The van der Waals surface area contributed by atoms with Crippen LogP contribution in [0, 0.1) is 5.92 Å².